The summed E-state index contributed by atoms with van der Waals surface area (Å²) in [6.07, 6.45) is 4.35. The predicted octanol–water partition coefficient (Wildman–Crippen LogP) is 3.21. The molecule has 0 radical (unpaired) electrons. The fourth-order valence-electron chi connectivity index (χ4n) is 2.22. The van der Waals surface area contributed by atoms with Gasteiger partial charge in [-0.25, -0.2) is 4.98 Å². The smallest absolute Gasteiger partial charge is 0.182 e. The van der Waals surface area contributed by atoms with Crippen molar-refractivity contribution in [1.29, 1.82) is 0 Å². The molecule has 0 spiro atoms. The van der Waals surface area contributed by atoms with Crippen LogP contribution in [-0.4, -0.2) is 42.7 Å². The van der Waals surface area contributed by atoms with Crippen molar-refractivity contribution in [2.75, 3.05) is 32.1 Å². The highest BCUT2D eigenvalue weighted by molar-refractivity contribution is 7.15. The topological polar surface area (TPSA) is 37.4 Å². The van der Waals surface area contributed by atoms with Crippen molar-refractivity contribution in [2.24, 2.45) is 0 Å². The second-order valence-electron chi connectivity index (χ2n) is 4.60. The predicted molar refractivity (Wildman–Crippen MR) is 82.9 cm³/mol. The summed E-state index contributed by atoms with van der Waals surface area (Å²) in [6, 6.07) is 0.625. The maximum Gasteiger partial charge on any atom is 0.182 e. The maximum absolute atomic E-state index is 5.23. The summed E-state index contributed by atoms with van der Waals surface area (Å²) in [5.41, 5.74) is 0. The van der Waals surface area contributed by atoms with Crippen LogP contribution in [-0.2, 0) is 11.3 Å². The van der Waals surface area contributed by atoms with Crippen LogP contribution in [0.5, 0.6) is 0 Å². The molecule has 19 heavy (non-hydrogen) atoms. The van der Waals surface area contributed by atoms with E-state index in [9.17, 15) is 0 Å². The first-order valence-corrected chi connectivity index (χ1v) is 7.98. The first kappa shape index (κ1) is 16.4. The van der Waals surface area contributed by atoms with Crippen LogP contribution in [0, 0.1) is 0 Å². The van der Waals surface area contributed by atoms with E-state index in [1.54, 1.807) is 18.4 Å². The van der Waals surface area contributed by atoms with Crippen LogP contribution in [0.15, 0.2) is 6.20 Å². The molecule has 0 saturated carbocycles. The highest BCUT2D eigenvalue weighted by Gasteiger charge is 2.16. The molecule has 0 fully saturated rings. The van der Waals surface area contributed by atoms with Gasteiger partial charge in [0.2, 0.25) is 0 Å². The van der Waals surface area contributed by atoms with Gasteiger partial charge in [0.15, 0.2) is 5.13 Å². The quantitative estimate of drug-likeness (QED) is 0.716. The molecule has 0 aliphatic heterocycles. The van der Waals surface area contributed by atoms with E-state index < -0.39 is 0 Å². The molecule has 0 amide bonds. The number of methoxy groups -OCH3 is 1. The number of thiazole rings is 1. The van der Waals surface area contributed by atoms with E-state index in [0.29, 0.717) is 6.04 Å². The molecule has 1 aromatic rings. The number of hydrogen-bond donors (Lipinski definition) is 1. The van der Waals surface area contributed by atoms with Gasteiger partial charge in [-0.3, -0.25) is 4.90 Å². The first-order valence-electron chi connectivity index (χ1n) is 7.16. The summed E-state index contributed by atoms with van der Waals surface area (Å²) in [5.74, 6) is 0. The third-order valence-corrected chi connectivity index (χ3v) is 4.22. The summed E-state index contributed by atoms with van der Waals surface area (Å²) in [7, 11) is 1.76. The van der Waals surface area contributed by atoms with Gasteiger partial charge in [-0.1, -0.05) is 13.8 Å². The Morgan fingerprint density at radius 2 is 2.11 bits per heavy atom. The summed E-state index contributed by atoms with van der Waals surface area (Å²) in [6.45, 7) is 10.3. The molecule has 0 aromatic carbocycles. The minimum absolute atomic E-state index is 0.625. The average Bonchev–Trinajstić information content (AvgIpc) is 2.85. The molecule has 1 N–H and O–H groups in total. The largest absolute Gasteiger partial charge is 0.383 e. The van der Waals surface area contributed by atoms with Gasteiger partial charge < -0.3 is 10.1 Å². The highest BCUT2D eigenvalue weighted by Crippen LogP contribution is 2.21. The van der Waals surface area contributed by atoms with Gasteiger partial charge in [0.05, 0.1) is 6.61 Å². The van der Waals surface area contributed by atoms with E-state index >= 15 is 0 Å². The fourth-order valence-corrected chi connectivity index (χ4v) is 3.12. The minimum Gasteiger partial charge on any atom is -0.383 e. The number of nitrogens with zero attached hydrogens (tertiary/aromatic N) is 2. The van der Waals surface area contributed by atoms with Crippen LogP contribution >= 0.6 is 11.3 Å². The van der Waals surface area contributed by atoms with E-state index in [1.807, 2.05) is 6.20 Å². The second kappa shape index (κ2) is 9.28. The molecule has 1 aromatic heterocycles. The van der Waals surface area contributed by atoms with E-state index in [4.69, 9.17) is 4.74 Å². The molecule has 0 bridgehead atoms. The molecule has 1 rings (SSSR count). The molecule has 4 nitrogen and oxygen atoms in total. The highest BCUT2D eigenvalue weighted by atomic mass is 32.1. The third kappa shape index (κ3) is 5.47. The van der Waals surface area contributed by atoms with Gasteiger partial charge >= 0.3 is 0 Å². The van der Waals surface area contributed by atoms with Gasteiger partial charge in [0.25, 0.3) is 0 Å². The third-order valence-electron chi connectivity index (χ3n) is 3.28. The Hall–Kier alpha value is -0.650. The van der Waals surface area contributed by atoms with E-state index in [2.05, 4.69) is 36.0 Å². The number of hydrogen-bond acceptors (Lipinski definition) is 5. The number of rotatable bonds is 10. The molecule has 0 atom stereocenters. The molecule has 0 aliphatic carbocycles. The molecule has 0 aliphatic rings. The number of ether oxygens (including phenoxy) is 1. The van der Waals surface area contributed by atoms with Crippen molar-refractivity contribution in [3.8, 4) is 0 Å². The standard InChI is InChI=1S/C14H27N3OS/c1-5-12(6-2)17(8-9-18-4)11-13-10-16-14(19-13)15-7-3/h10,12H,5-9,11H2,1-4H3,(H,15,16). The van der Waals surface area contributed by atoms with E-state index in [0.717, 1.165) is 31.4 Å². The average molecular weight is 285 g/mol. The van der Waals surface area contributed by atoms with Gasteiger partial charge in [-0.15, -0.1) is 11.3 Å². The Kier molecular flexibility index (Phi) is 8.02. The van der Waals surface area contributed by atoms with Crippen molar-refractivity contribution in [2.45, 2.75) is 46.2 Å². The van der Waals surface area contributed by atoms with Crippen LogP contribution in [0.3, 0.4) is 0 Å². The Bertz CT molecular complexity index is 339. The Balaban J connectivity index is 2.63. The lowest BCUT2D eigenvalue weighted by atomic mass is 10.1. The zero-order valence-electron chi connectivity index (χ0n) is 12.6. The molecular weight excluding hydrogens is 258 g/mol. The lowest BCUT2D eigenvalue weighted by molar-refractivity contribution is 0.111. The van der Waals surface area contributed by atoms with Crippen molar-refractivity contribution in [3.05, 3.63) is 11.1 Å². The molecule has 0 saturated heterocycles. The number of nitrogens with one attached hydrogen (secondary N) is 1. The Morgan fingerprint density at radius 1 is 1.37 bits per heavy atom. The minimum atomic E-state index is 0.625. The molecule has 0 unspecified atom stereocenters. The molecule has 110 valence electrons. The van der Waals surface area contributed by atoms with Crippen LogP contribution in [0.4, 0.5) is 5.13 Å². The summed E-state index contributed by atoms with van der Waals surface area (Å²) >= 11 is 1.75. The Morgan fingerprint density at radius 3 is 2.68 bits per heavy atom. The van der Waals surface area contributed by atoms with Crippen LogP contribution in [0.25, 0.3) is 0 Å². The summed E-state index contributed by atoms with van der Waals surface area (Å²) in [5, 5.41) is 4.29. The monoisotopic (exact) mass is 285 g/mol. The zero-order chi connectivity index (χ0) is 14.1. The lowest BCUT2D eigenvalue weighted by Crippen LogP contribution is -2.36. The van der Waals surface area contributed by atoms with Crippen molar-refractivity contribution < 1.29 is 4.74 Å². The normalized spacial score (nSPS) is 11.5. The van der Waals surface area contributed by atoms with Gasteiger partial charge in [-0.2, -0.15) is 0 Å². The molecule has 5 heteroatoms. The second-order valence-corrected chi connectivity index (χ2v) is 5.71. The molecule has 1 heterocycles. The SMILES string of the molecule is CCNc1ncc(CN(CCOC)C(CC)CC)s1. The summed E-state index contributed by atoms with van der Waals surface area (Å²) < 4.78 is 5.23. The van der Waals surface area contributed by atoms with Crippen molar-refractivity contribution in [1.82, 2.24) is 9.88 Å². The van der Waals surface area contributed by atoms with Gasteiger partial charge in [0, 0.05) is 43.9 Å². The van der Waals surface area contributed by atoms with E-state index in [-0.39, 0.29) is 0 Å². The van der Waals surface area contributed by atoms with Gasteiger partial charge in [-0.05, 0) is 19.8 Å². The summed E-state index contributed by atoms with van der Waals surface area (Å²) in [4.78, 5) is 8.22. The fraction of sp³-hybridized carbons (Fsp3) is 0.786. The molecular formula is C14H27N3OS. The van der Waals surface area contributed by atoms with Crippen LogP contribution < -0.4 is 5.32 Å². The van der Waals surface area contributed by atoms with Crippen LogP contribution in [0.2, 0.25) is 0 Å². The lowest BCUT2D eigenvalue weighted by Gasteiger charge is -2.29. The maximum atomic E-state index is 5.23. The zero-order valence-corrected chi connectivity index (χ0v) is 13.4. The van der Waals surface area contributed by atoms with Crippen molar-refractivity contribution in [3.63, 3.8) is 0 Å². The Labute approximate surface area is 121 Å². The number of anilines is 1. The number of aromatic nitrogens is 1. The first-order chi connectivity index (χ1) is 9.24. The van der Waals surface area contributed by atoms with E-state index in [1.165, 1.54) is 17.7 Å². The van der Waals surface area contributed by atoms with Crippen molar-refractivity contribution >= 4 is 16.5 Å². The van der Waals surface area contributed by atoms with Gasteiger partial charge in [0.1, 0.15) is 0 Å². The van der Waals surface area contributed by atoms with Crippen LogP contribution in [0.1, 0.15) is 38.5 Å².